The maximum atomic E-state index is 12.0. The smallest absolute Gasteiger partial charge is 0.229 e. The molecule has 0 aromatic carbocycles. The third kappa shape index (κ3) is 2.31. The minimum absolute atomic E-state index is 0.0230. The van der Waals surface area contributed by atoms with E-state index in [4.69, 9.17) is 0 Å². The van der Waals surface area contributed by atoms with Gasteiger partial charge in [-0.15, -0.1) is 0 Å². The summed E-state index contributed by atoms with van der Waals surface area (Å²) in [4.78, 5) is 25.3. The first kappa shape index (κ1) is 12.1. The Morgan fingerprint density at radius 3 is 2.12 bits per heavy atom. The van der Waals surface area contributed by atoms with Gasteiger partial charge in [0.25, 0.3) is 0 Å². The van der Waals surface area contributed by atoms with Gasteiger partial charge in [-0.2, -0.15) is 0 Å². The zero-order valence-corrected chi connectivity index (χ0v) is 11.1. The Balaban J connectivity index is 2.07. The summed E-state index contributed by atoms with van der Waals surface area (Å²) >= 11 is 3.28. The van der Waals surface area contributed by atoms with Crippen LogP contribution in [-0.2, 0) is 9.59 Å². The quantitative estimate of drug-likeness (QED) is 0.578. The first-order valence-corrected chi connectivity index (χ1v) is 7.18. The number of carbonyl (C=O) groups is 2. The number of halogens is 1. The summed E-state index contributed by atoms with van der Waals surface area (Å²) in [6.07, 6.45) is 6.92. The molecule has 0 bridgehead atoms. The second-order valence-corrected chi connectivity index (χ2v) is 5.84. The van der Waals surface area contributed by atoms with Gasteiger partial charge >= 0.3 is 0 Å². The molecule has 0 radical (unpaired) electrons. The monoisotopic (exact) mass is 287 g/mol. The number of amides is 2. The van der Waals surface area contributed by atoms with E-state index in [0.29, 0.717) is 24.7 Å². The maximum Gasteiger partial charge on any atom is 0.229 e. The molecule has 2 amide bonds. The summed E-state index contributed by atoms with van der Waals surface area (Å²) in [5.74, 6) is 0.0789. The van der Waals surface area contributed by atoms with Gasteiger partial charge in [0.2, 0.25) is 11.8 Å². The molecule has 16 heavy (non-hydrogen) atoms. The van der Waals surface area contributed by atoms with Crippen molar-refractivity contribution >= 4 is 27.7 Å². The van der Waals surface area contributed by atoms with Crippen LogP contribution in [0.3, 0.4) is 0 Å². The van der Waals surface area contributed by atoms with Crippen LogP contribution in [0.15, 0.2) is 0 Å². The van der Waals surface area contributed by atoms with E-state index in [2.05, 4.69) is 15.9 Å². The van der Waals surface area contributed by atoms with Crippen LogP contribution in [0.4, 0.5) is 0 Å². The molecule has 1 saturated heterocycles. The van der Waals surface area contributed by atoms with Crippen LogP contribution in [-0.4, -0.2) is 28.6 Å². The molecule has 2 aliphatic rings. The number of imide groups is 1. The molecule has 0 aromatic rings. The third-order valence-corrected chi connectivity index (χ3v) is 4.23. The maximum absolute atomic E-state index is 12.0. The molecule has 0 unspecified atom stereocenters. The molecule has 1 heterocycles. The number of alkyl halides is 1. The summed E-state index contributed by atoms with van der Waals surface area (Å²) in [6, 6.07) is 0. The third-order valence-electron chi connectivity index (χ3n) is 3.88. The average Bonchev–Trinajstić information content (AvgIpc) is 2.24. The van der Waals surface area contributed by atoms with E-state index in [9.17, 15) is 9.59 Å². The Kier molecular flexibility index (Phi) is 3.67. The summed E-state index contributed by atoms with van der Waals surface area (Å²) < 4.78 is 0. The molecule has 90 valence electrons. The predicted molar refractivity (Wildman–Crippen MR) is 65.3 cm³/mol. The van der Waals surface area contributed by atoms with Crippen molar-refractivity contribution in [3.05, 3.63) is 0 Å². The van der Waals surface area contributed by atoms with Crippen molar-refractivity contribution in [3.63, 3.8) is 0 Å². The molecule has 0 N–H and O–H groups in total. The Hall–Kier alpha value is -0.380. The van der Waals surface area contributed by atoms with Gasteiger partial charge in [0.05, 0.1) is 0 Å². The highest BCUT2D eigenvalue weighted by atomic mass is 79.9. The molecule has 2 fully saturated rings. The van der Waals surface area contributed by atoms with E-state index in [0.717, 1.165) is 12.8 Å². The SMILES string of the molecule is O=C1CC2(CCCCC2)CC(=O)N1CCBr. The van der Waals surface area contributed by atoms with Gasteiger partial charge in [0.1, 0.15) is 0 Å². The lowest BCUT2D eigenvalue weighted by molar-refractivity contribution is -0.154. The van der Waals surface area contributed by atoms with E-state index in [1.807, 2.05) is 0 Å². The van der Waals surface area contributed by atoms with Crippen molar-refractivity contribution in [3.8, 4) is 0 Å². The van der Waals surface area contributed by atoms with E-state index in [-0.39, 0.29) is 17.2 Å². The predicted octanol–water partition coefficient (Wildman–Crippen LogP) is 2.48. The van der Waals surface area contributed by atoms with Crippen LogP contribution in [0.2, 0.25) is 0 Å². The van der Waals surface area contributed by atoms with Gasteiger partial charge in [0.15, 0.2) is 0 Å². The van der Waals surface area contributed by atoms with Gasteiger partial charge < -0.3 is 0 Å². The standard InChI is InChI=1S/C12H18BrNO2/c13-6-7-14-10(15)8-12(9-11(14)16)4-2-1-3-5-12/h1-9H2. The lowest BCUT2D eigenvalue weighted by Crippen LogP contribution is -2.49. The van der Waals surface area contributed by atoms with Crippen LogP contribution in [0.1, 0.15) is 44.9 Å². The lowest BCUT2D eigenvalue weighted by Gasteiger charge is -2.42. The second kappa shape index (κ2) is 4.86. The fourth-order valence-corrected chi connectivity index (χ4v) is 3.38. The number of likely N-dealkylation sites (tertiary alicyclic amines) is 1. The van der Waals surface area contributed by atoms with Crippen LogP contribution >= 0.6 is 15.9 Å². The van der Waals surface area contributed by atoms with Crippen molar-refractivity contribution < 1.29 is 9.59 Å². The van der Waals surface area contributed by atoms with Crippen molar-refractivity contribution in [1.29, 1.82) is 0 Å². The van der Waals surface area contributed by atoms with E-state index in [1.165, 1.54) is 24.2 Å². The van der Waals surface area contributed by atoms with Gasteiger partial charge in [-0.1, -0.05) is 35.2 Å². The first-order chi connectivity index (χ1) is 7.67. The van der Waals surface area contributed by atoms with Gasteiger partial charge in [-0.3, -0.25) is 14.5 Å². The molecule has 4 heteroatoms. The molecule has 0 atom stereocenters. The summed E-state index contributed by atoms with van der Waals surface area (Å²) in [7, 11) is 0. The Morgan fingerprint density at radius 2 is 1.62 bits per heavy atom. The molecule has 3 nitrogen and oxygen atoms in total. The zero-order valence-electron chi connectivity index (χ0n) is 9.51. The van der Waals surface area contributed by atoms with Crippen LogP contribution in [0, 0.1) is 5.41 Å². The molecular formula is C12H18BrNO2. The van der Waals surface area contributed by atoms with E-state index >= 15 is 0 Å². The highest BCUT2D eigenvalue weighted by Crippen LogP contribution is 2.45. The van der Waals surface area contributed by atoms with Crippen molar-refractivity contribution in [2.45, 2.75) is 44.9 Å². The Bertz CT molecular complexity index is 277. The highest BCUT2D eigenvalue weighted by molar-refractivity contribution is 9.09. The van der Waals surface area contributed by atoms with Gasteiger partial charge in [-0.25, -0.2) is 0 Å². The molecule has 1 aliphatic heterocycles. The molecule has 0 aromatic heterocycles. The number of rotatable bonds is 2. The average molecular weight is 288 g/mol. The number of hydrogen-bond acceptors (Lipinski definition) is 2. The lowest BCUT2D eigenvalue weighted by atomic mass is 9.67. The second-order valence-electron chi connectivity index (χ2n) is 5.04. The number of piperidine rings is 1. The molecule has 1 spiro atoms. The highest BCUT2D eigenvalue weighted by Gasteiger charge is 2.43. The topological polar surface area (TPSA) is 37.4 Å². The molecule has 1 aliphatic carbocycles. The fourth-order valence-electron chi connectivity index (χ4n) is 3.02. The molecular weight excluding hydrogens is 270 g/mol. The number of hydrogen-bond donors (Lipinski definition) is 0. The number of nitrogens with zero attached hydrogens (tertiary/aromatic N) is 1. The Labute approximate surface area is 105 Å². The molecule has 1 saturated carbocycles. The minimum Gasteiger partial charge on any atom is -0.282 e. The van der Waals surface area contributed by atoms with E-state index in [1.54, 1.807) is 0 Å². The number of carbonyl (C=O) groups excluding carboxylic acids is 2. The van der Waals surface area contributed by atoms with Crippen molar-refractivity contribution in [2.24, 2.45) is 5.41 Å². The normalized spacial score (nSPS) is 25.2. The van der Waals surface area contributed by atoms with Crippen molar-refractivity contribution in [2.75, 3.05) is 11.9 Å². The first-order valence-electron chi connectivity index (χ1n) is 6.06. The summed E-state index contributed by atoms with van der Waals surface area (Å²) in [5, 5.41) is 0.678. The molecule has 2 rings (SSSR count). The Morgan fingerprint density at radius 1 is 1.06 bits per heavy atom. The largest absolute Gasteiger partial charge is 0.282 e. The van der Waals surface area contributed by atoms with E-state index < -0.39 is 0 Å². The van der Waals surface area contributed by atoms with Crippen LogP contribution < -0.4 is 0 Å². The summed E-state index contributed by atoms with van der Waals surface area (Å²) in [5.41, 5.74) is 0.0230. The minimum atomic E-state index is 0.0230. The van der Waals surface area contributed by atoms with Crippen LogP contribution in [0.5, 0.6) is 0 Å². The van der Waals surface area contributed by atoms with Crippen molar-refractivity contribution in [1.82, 2.24) is 4.90 Å². The fraction of sp³-hybridized carbons (Fsp3) is 0.833. The van der Waals surface area contributed by atoms with Gasteiger partial charge in [-0.05, 0) is 18.3 Å². The van der Waals surface area contributed by atoms with Gasteiger partial charge in [0, 0.05) is 24.7 Å². The summed E-state index contributed by atoms with van der Waals surface area (Å²) in [6.45, 7) is 0.522. The zero-order chi connectivity index (χ0) is 11.6. The van der Waals surface area contributed by atoms with Crippen LogP contribution in [0.25, 0.3) is 0 Å².